The second-order valence-electron chi connectivity index (χ2n) is 4.21. The van der Waals surface area contributed by atoms with Gasteiger partial charge < -0.3 is 5.32 Å². The third kappa shape index (κ3) is 3.42. The minimum Gasteiger partial charge on any atom is -0.311 e. The lowest BCUT2D eigenvalue weighted by Crippen LogP contribution is -2.15. The quantitative estimate of drug-likeness (QED) is 0.686. The number of fused-ring (bicyclic) bond motifs is 1. The molecule has 19 heavy (non-hydrogen) atoms. The van der Waals surface area contributed by atoms with Crippen molar-refractivity contribution in [2.24, 2.45) is 0 Å². The molecule has 1 N–H and O–H groups in total. The van der Waals surface area contributed by atoms with E-state index in [9.17, 15) is 0 Å². The van der Waals surface area contributed by atoms with E-state index in [-0.39, 0.29) is 0 Å². The van der Waals surface area contributed by atoms with Gasteiger partial charge in [0.2, 0.25) is 0 Å². The average molecular weight is 353 g/mol. The van der Waals surface area contributed by atoms with Crippen molar-refractivity contribution in [1.29, 1.82) is 0 Å². The Kier molecular flexibility index (Phi) is 4.28. The van der Waals surface area contributed by atoms with E-state index in [0.717, 1.165) is 25.0 Å². The van der Waals surface area contributed by atoms with Crippen molar-refractivity contribution in [1.82, 2.24) is 10.3 Å². The van der Waals surface area contributed by atoms with Gasteiger partial charge in [-0.2, -0.15) is 0 Å². The maximum absolute atomic E-state index is 4.64. The van der Waals surface area contributed by atoms with Crippen LogP contribution in [0.3, 0.4) is 0 Å². The predicted octanol–water partition coefficient (Wildman–Crippen LogP) is 4.45. The number of thiazole rings is 1. The fourth-order valence-electron chi connectivity index (χ4n) is 1.88. The molecule has 0 aliphatic heterocycles. The number of benzene rings is 1. The summed E-state index contributed by atoms with van der Waals surface area (Å²) in [4.78, 5) is 5.99. The largest absolute Gasteiger partial charge is 0.311 e. The van der Waals surface area contributed by atoms with Gasteiger partial charge in [0.1, 0.15) is 0 Å². The van der Waals surface area contributed by atoms with Crippen LogP contribution in [-0.4, -0.2) is 11.5 Å². The van der Waals surface area contributed by atoms with Crippen LogP contribution in [0.15, 0.2) is 40.2 Å². The number of nitrogens with one attached hydrogen (secondary N) is 1. The van der Waals surface area contributed by atoms with Crippen molar-refractivity contribution < 1.29 is 0 Å². The number of halogens is 1. The second kappa shape index (κ2) is 6.13. The molecule has 98 valence electrons. The van der Waals surface area contributed by atoms with Gasteiger partial charge in [-0.05, 0) is 40.2 Å². The van der Waals surface area contributed by atoms with E-state index < -0.39 is 0 Å². The molecule has 0 aliphatic carbocycles. The molecule has 0 radical (unpaired) electrons. The van der Waals surface area contributed by atoms with Gasteiger partial charge >= 0.3 is 0 Å². The first kappa shape index (κ1) is 13.2. The molecular weight excluding hydrogens is 340 g/mol. The Bertz CT molecular complexity index is 642. The third-order valence-corrected chi connectivity index (χ3v) is 5.50. The topological polar surface area (TPSA) is 24.9 Å². The lowest BCUT2D eigenvalue weighted by Gasteiger charge is -2.00. The molecule has 0 aliphatic rings. The van der Waals surface area contributed by atoms with Crippen LogP contribution in [0.1, 0.15) is 9.88 Å². The summed E-state index contributed by atoms with van der Waals surface area (Å²) in [5.74, 6) is 0. The van der Waals surface area contributed by atoms with Gasteiger partial charge in [-0.1, -0.05) is 12.1 Å². The molecule has 0 atom stereocenters. The molecule has 2 aromatic heterocycles. The van der Waals surface area contributed by atoms with Crippen LogP contribution in [-0.2, 0) is 13.0 Å². The highest BCUT2D eigenvalue weighted by Gasteiger charge is 2.03. The fourth-order valence-corrected chi connectivity index (χ4v) is 4.30. The summed E-state index contributed by atoms with van der Waals surface area (Å²) in [7, 11) is 0. The van der Waals surface area contributed by atoms with Crippen molar-refractivity contribution >= 4 is 48.8 Å². The minimum atomic E-state index is 0.932. The number of para-hydroxylation sites is 1. The molecule has 5 heteroatoms. The van der Waals surface area contributed by atoms with E-state index in [1.807, 2.05) is 6.07 Å². The van der Waals surface area contributed by atoms with Crippen LogP contribution in [0.4, 0.5) is 0 Å². The molecule has 0 bridgehead atoms. The number of aromatic nitrogens is 1. The van der Waals surface area contributed by atoms with Gasteiger partial charge in [-0.15, -0.1) is 22.7 Å². The maximum atomic E-state index is 4.64. The monoisotopic (exact) mass is 352 g/mol. The number of rotatable bonds is 5. The molecule has 0 fully saturated rings. The summed E-state index contributed by atoms with van der Waals surface area (Å²) in [6.45, 7) is 1.90. The standard InChI is InChI=1S/C14H13BrN2S2/c15-13-6-5-10(18-13)9-16-8-7-14-17-11-3-1-2-4-12(11)19-14/h1-6,16H,7-9H2. The zero-order valence-electron chi connectivity index (χ0n) is 10.2. The molecule has 2 heterocycles. The summed E-state index contributed by atoms with van der Waals surface area (Å²) in [6.07, 6.45) is 0.992. The molecule has 0 amide bonds. The van der Waals surface area contributed by atoms with Crippen molar-refractivity contribution in [2.75, 3.05) is 6.54 Å². The van der Waals surface area contributed by atoms with Gasteiger partial charge in [-0.25, -0.2) is 4.98 Å². The number of hydrogen-bond acceptors (Lipinski definition) is 4. The van der Waals surface area contributed by atoms with Gasteiger partial charge in [0.15, 0.2) is 0 Å². The Morgan fingerprint density at radius 2 is 2.00 bits per heavy atom. The lowest BCUT2D eigenvalue weighted by atomic mass is 10.3. The Labute approximate surface area is 128 Å². The van der Waals surface area contributed by atoms with E-state index in [1.165, 1.54) is 18.4 Å². The zero-order chi connectivity index (χ0) is 13.1. The van der Waals surface area contributed by atoms with Crippen molar-refractivity contribution in [2.45, 2.75) is 13.0 Å². The summed E-state index contributed by atoms with van der Waals surface area (Å²) in [5, 5.41) is 4.67. The predicted molar refractivity (Wildman–Crippen MR) is 87.0 cm³/mol. The highest BCUT2D eigenvalue weighted by atomic mass is 79.9. The summed E-state index contributed by atoms with van der Waals surface area (Å²) >= 11 is 7.05. The van der Waals surface area contributed by atoms with E-state index in [0.29, 0.717) is 0 Å². The molecule has 0 spiro atoms. The van der Waals surface area contributed by atoms with Gasteiger partial charge in [-0.3, -0.25) is 0 Å². The normalized spacial score (nSPS) is 11.2. The van der Waals surface area contributed by atoms with Crippen molar-refractivity contribution in [3.05, 3.63) is 50.1 Å². The van der Waals surface area contributed by atoms with Crippen molar-refractivity contribution in [3.63, 3.8) is 0 Å². The Morgan fingerprint density at radius 1 is 1.11 bits per heavy atom. The SMILES string of the molecule is Brc1ccc(CNCCc2nc3ccccc3s2)s1. The highest BCUT2D eigenvalue weighted by molar-refractivity contribution is 9.11. The van der Waals surface area contributed by atoms with Crippen LogP contribution in [0.25, 0.3) is 10.2 Å². The zero-order valence-corrected chi connectivity index (χ0v) is 13.4. The van der Waals surface area contributed by atoms with Crippen LogP contribution in [0.2, 0.25) is 0 Å². The smallest absolute Gasteiger partial charge is 0.0951 e. The fraction of sp³-hybridized carbons (Fsp3) is 0.214. The van der Waals surface area contributed by atoms with Gasteiger partial charge in [0.25, 0.3) is 0 Å². The van der Waals surface area contributed by atoms with Crippen LogP contribution >= 0.6 is 38.6 Å². The Morgan fingerprint density at radius 3 is 2.79 bits per heavy atom. The number of thiophene rings is 1. The summed E-state index contributed by atoms with van der Waals surface area (Å²) in [5.41, 5.74) is 1.12. The molecule has 3 rings (SSSR count). The summed E-state index contributed by atoms with van der Waals surface area (Å²) < 4.78 is 2.47. The van der Waals surface area contributed by atoms with Gasteiger partial charge in [0, 0.05) is 24.4 Å². The molecule has 1 aromatic carbocycles. The third-order valence-electron chi connectivity index (χ3n) is 2.78. The number of hydrogen-bond donors (Lipinski definition) is 1. The Balaban J connectivity index is 1.52. The first-order chi connectivity index (χ1) is 9.31. The van der Waals surface area contributed by atoms with Crippen LogP contribution in [0.5, 0.6) is 0 Å². The molecule has 0 saturated heterocycles. The van der Waals surface area contributed by atoms with E-state index >= 15 is 0 Å². The molecule has 3 aromatic rings. The molecular formula is C14H13BrN2S2. The van der Waals surface area contributed by atoms with Crippen LogP contribution in [0, 0.1) is 0 Å². The Hall–Kier alpha value is -0.750. The van der Waals surface area contributed by atoms with E-state index in [4.69, 9.17) is 0 Å². The number of nitrogens with zero attached hydrogens (tertiary/aromatic N) is 1. The molecule has 0 saturated carbocycles. The first-order valence-electron chi connectivity index (χ1n) is 6.10. The van der Waals surface area contributed by atoms with Gasteiger partial charge in [0.05, 0.1) is 19.0 Å². The van der Waals surface area contributed by atoms with E-state index in [1.54, 1.807) is 22.7 Å². The highest BCUT2D eigenvalue weighted by Crippen LogP contribution is 2.22. The van der Waals surface area contributed by atoms with Crippen LogP contribution < -0.4 is 5.32 Å². The summed E-state index contributed by atoms with van der Waals surface area (Å²) in [6, 6.07) is 12.6. The first-order valence-corrected chi connectivity index (χ1v) is 8.53. The lowest BCUT2D eigenvalue weighted by molar-refractivity contribution is 0.692. The average Bonchev–Trinajstić information content (AvgIpc) is 3.00. The molecule has 0 unspecified atom stereocenters. The van der Waals surface area contributed by atoms with E-state index in [2.05, 4.69) is 56.6 Å². The molecule has 2 nitrogen and oxygen atoms in total. The minimum absolute atomic E-state index is 0.932. The van der Waals surface area contributed by atoms with Crippen molar-refractivity contribution in [3.8, 4) is 0 Å². The maximum Gasteiger partial charge on any atom is 0.0951 e. The second-order valence-corrected chi connectivity index (χ2v) is 7.87.